The number of benzene rings is 1. The highest BCUT2D eigenvalue weighted by Gasteiger charge is 2.21. The van der Waals surface area contributed by atoms with Gasteiger partial charge < -0.3 is 15.0 Å². The van der Waals surface area contributed by atoms with E-state index in [1.54, 1.807) is 19.4 Å². The van der Waals surface area contributed by atoms with Gasteiger partial charge in [-0.25, -0.2) is 13.9 Å². The number of ether oxygens (including phenoxy) is 1. The van der Waals surface area contributed by atoms with Gasteiger partial charge in [-0.2, -0.15) is 4.98 Å². The Kier molecular flexibility index (Phi) is 5.43. The summed E-state index contributed by atoms with van der Waals surface area (Å²) in [6.45, 7) is 4.83. The van der Waals surface area contributed by atoms with Crippen LogP contribution >= 0.6 is 0 Å². The number of amides is 1. The largest absolute Gasteiger partial charge is 0.495 e. The molecule has 9 nitrogen and oxygen atoms in total. The zero-order chi connectivity index (χ0) is 21.3. The lowest BCUT2D eigenvalue weighted by Gasteiger charge is -2.34. The van der Waals surface area contributed by atoms with E-state index in [1.807, 2.05) is 25.1 Å². The highest BCUT2D eigenvalue weighted by atomic mass is 16.5. The molecule has 3 aromatic rings. The Morgan fingerprint density at radius 2 is 2.13 bits per heavy atom. The predicted octanol–water partition coefficient (Wildman–Crippen LogP) is 2.23. The molecule has 1 aliphatic heterocycles. The van der Waals surface area contributed by atoms with Crippen molar-refractivity contribution in [3.05, 3.63) is 46.5 Å². The molecule has 9 heteroatoms. The van der Waals surface area contributed by atoms with E-state index in [4.69, 9.17) is 4.74 Å². The van der Waals surface area contributed by atoms with Gasteiger partial charge in [-0.3, -0.25) is 4.79 Å². The fourth-order valence-electron chi connectivity index (χ4n) is 3.84. The van der Waals surface area contributed by atoms with Gasteiger partial charge >= 0.3 is 5.69 Å². The van der Waals surface area contributed by atoms with Gasteiger partial charge in [0.15, 0.2) is 0 Å². The standard InChI is InChI=1S/C21H26N6O3/c1-14-7-8-17(30-3)16(12-14)22-19(28)13-27-21(29)26-11-9-18(23-20(26)24-27)25-10-5-4-6-15(25)2/h7-9,11-12,15H,4-6,10,13H2,1-3H3,(H,22,28). The van der Waals surface area contributed by atoms with Crippen molar-refractivity contribution in [2.75, 3.05) is 23.9 Å². The minimum atomic E-state index is -0.401. The molecule has 1 saturated heterocycles. The summed E-state index contributed by atoms with van der Waals surface area (Å²) in [5.41, 5.74) is 1.14. The zero-order valence-electron chi connectivity index (χ0n) is 17.5. The normalized spacial score (nSPS) is 16.6. The second-order valence-corrected chi connectivity index (χ2v) is 7.69. The summed E-state index contributed by atoms with van der Waals surface area (Å²) in [4.78, 5) is 32.0. The summed E-state index contributed by atoms with van der Waals surface area (Å²) in [5, 5.41) is 7.06. The number of piperidine rings is 1. The minimum absolute atomic E-state index is 0.214. The molecule has 30 heavy (non-hydrogen) atoms. The maximum atomic E-state index is 12.7. The number of anilines is 2. The number of carbonyl (C=O) groups is 1. The smallest absolute Gasteiger partial charge is 0.352 e. The molecule has 0 radical (unpaired) electrons. The Balaban J connectivity index is 1.56. The Morgan fingerprint density at radius 3 is 2.90 bits per heavy atom. The number of fused-ring (bicyclic) bond motifs is 1. The van der Waals surface area contributed by atoms with Crippen molar-refractivity contribution < 1.29 is 9.53 Å². The van der Waals surface area contributed by atoms with Crippen LogP contribution in [0.4, 0.5) is 11.5 Å². The molecule has 1 fully saturated rings. The second kappa shape index (κ2) is 8.17. The van der Waals surface area contributed by atoms with Crippen LogP contribution in [-0.4, -0.2) is 44.8 Å². The molecule has 0 bridgehead atoms. The number of aromatic nitrogens is 4. The molecule has 0 saturated carbocycles. The first kappa shape index (κ1) is 19.9. The highest BCUT2D eigenvalue weighted by molar-refractivity contribution is 5.92. The molecule has 1 amide bonds. The molecule has 3 heterocycles. The minimum Gasteiger partial charge on any atom is -0.495 e. The summed E-state index contributed by atoms with van der Waals surface area (Å²) in [6.07, 6.45) is 5.14. The van der Waals surface area contributed by atoms with Gasteiger partial charge in [-0.05, 0) is 56.9 Å². The fraction of sp³-hybridized carbons (Fsp3) is 0.429. The van der Waals surface area contributed by atoms with Crippen molar-refractivity contribution in [1.29, 1.82) is 0 Å². The van der Waals surface area contributed by atoms with Gasteiger partial charge in [0, 0.05) is 18.8 Å². The quantitative estimate of drug-likeness (QED) is 0.693. The van der Waals surface area contributed by atoms with Gasteiger partial charge in [0.2, 0.25) is 5.91 Å². The average molecular weight is 410 g/mol. The van der Waals surface area contributed by atoms with Crippen molar-refractivity contribution in [2.24, 2.45) is 0 Å². The van der Waals surface area contributed by atoms with E-state index >= 15 is 0 Å². The Hall–Kier alpha value is -3.36. The molecule has 1 N–H and O–H groups in total. The lowest BCUT2D eigenvalue weighted by atomic mass is 10.0. The zero-order valence-corrected chi connectivity index (χ0v) is 17.5. The number of methoxy groups -OCH3 is 1. The van der Waals surface area contributed by atoms with Crippen LogP contribution in [0.1, 0.15) is 31.7 Å². The van der Waals surface area contributed by atoms with E-state index in [9.17, 15) is 9.59 Å². The van der Waals surface area contributed by atoms with Crippen LogP contribution in [-0.2, 0) is 11.3 Å². The summed E-state index contributed by atoms with van der Waals surface area (Å²) < 4.78 is 7.77. The first-order chi connectivity index (χ1) is 14.5. The van der Waals surface area contributed by atoms with Crippen molar-refractivity contribution in [2.45, 2.75) is 45.7 Å². The Bertz CT molecular complexity index is 1140. The number of nitrogens with zero attached hydrogens (tertiary/aromatic N) is 5. The molecule has 0 spiro atoms. The number of carbonyl (C=O) groups excluding carboxylic acids is 1. The molecular weight excluding hydrogens is 384 g/mol. The van der Waals surface area contributed by atoms with Crippen LogP contribution in [0.15, 0.2) is 35.3 Å². The molecule has 1 aromatic carbocycles. The first-order valence-corrected chi connectivity index (χ1v) is 10.1. The van der Waals surface area contributed by atoms with Crippen LogP contribution in [0.3, 0.4) is 0 Å². The van der Waals surface area contributed by atoms with Crippen molar-refractivity contribution in [3.63, 3.8) is 0 Å². The molecule has 1 aliphatic rings. The lowest BCUT2D eigenvalue weighted by molar-refractivity contribution is -0.117. The Morgan fingerprint density at radius 1 is 1.30 bits per heavy atom. The summed E-state index contributed by atoms with van der Waals surface area (Å²) in [7, 11) is 1.54. The number of aryl methyl sites for hydroxylation is 1. The molecule has 2 aromatic heterocycles. The van der Waals surface area contributed by atoms with Crippen molar-refractivity contribution in [1.82, 2.24) is 19.2 Å². The monoisotopic (exact) mass is 410 g/mol. The summed E-state index contributed by atoms with van der Waals surface area (Å²) in [5.74, 6) is 1.28. The first-order valence-electron chi connectivity index (χ1n) is 10.1. The highest BCUT2D eigenvalue weighted by Crippen LogP contribution is 2.25. The number of rotatable bonds is 5. The van der Waals surface area contributed by atoms with Gasteiger partial charge in [0.25, 0.3) is 5.78 Å². The third kappa shape index (κ3) is 3.87. The lowest BCUT2D eigenvalue weighted by Crippen LogP contribution is -2.38. The predicted molar refractivity (Wildman–Crippen MR) is 114 cm³/mol. The number of nitrogens with one attached hydrogen (secondary N) is 1. The second-order valence-electron chi connectivity index (χ2n) is 7.69. The molecule has 158 valence electrons. The SMILES string of the molecule is COc1ccc(C)cc1NC(=O)Cn1nc2nc(N3CCCCC3C)ccn2c1=O. The van der Waals surface area contributed by atoms with E-state index < -0.39 is 5.69 Å². The maximum Gasteiger partial charge on any atom is 0.352 e. The molecule has 0 aliphatic carbocycles. The third-order valence-electron chi connectivity index (χ3n) is 5.46. The van der Waals surface area contributed by atoms with Gasteiger partial charge in [-0.15, -0.1) is 5.10 Å². The van der Waals surface area contributed by atoms with E-state index in [2.05, 4.69) is 27.2 Å². The summed E-state index contributed by atoms with van der Waals surface area (Å²) >= 11 is 0. The molecule has 1 unspecified atom stereocenters. The molecular formula is C21H26N6O3. The third-order valence-corrected chi connectivity index (χ3v) is 5.46. The molecule has 4 rings (SSSR count). The van der Waals surface area contributed by atoms with E-state index in [1.165, 1.54) is 10.8 Å². The number of hydrogen-bond acceptors (Lipinski definition) is 6. The van der Waals surface area contributed by atoms with Gasteiger partial charge in [0.1, 0.15) is 18.1 Å². The van der Waals surface area contributed by atoms with Gasteiger partial charge in [-0.1, -0.05) is 6.07 Å². The van der Waals surface area contributed by atoms with Crippen LogP contribution in [0, 0.1) is 6.92 Å². The van der Waals surface area contributed by atoms with E-state index in [-0.39, 0.29) is 18.2 Å². The number of hydrogen-bond donors (Lipinski definition) is 1. The maximum absolute atomic E-state index is 12.7. The van der Waals surface area contributed by atoms with Crippen LogP contribution < -0.4 is 20.6 Å². The van der Waals surface area contributed by atoms with E-state index in [0.717, 1.165) is 35.4 Å². The van der Waals surface area contributed by atoms with Crippen molar-refractivity contribution >= 4 is 23.2 Å². The van der Waals surface area contributed by atoms with Gasteiger partial charge in [0.05, 0.1) is 12.8 Å². The van der Waals surface area contributed by atoms with Crippen LogP contribution in [0.2, 0.25) is 0 Å². The fourth-order valence-corrected chi connectivity index (χ4v) is 3.84. The van der Waals surface area contributed by atoms with Crippen LogP contribution in [0.25, 0.3) is 5.78 Å². The average Bonchev–Trinajstić information content (AvgIpc) is 3.03. The van der Waals surface area contributed by atoms with E-state index in [0.29, 0.717) is 17.5 Å². The summed E-state index contributed by atoms with van der Waals surface area (Å²) in [6, 6.07) is 7.73. The topological polar surface area (TPSA) is 93.8 Å². The molecule has 1 atom stereocenters. The Labute approximate surface area is 174 Å². The van der Waals surface area contributed by atoms with Crippen LogP contribution in [0.5, 0.6) is 5.75 Å². The van der Waals surface area contributed by atoms with Crippen molar-refractivity contribution in [3.8, 4) is 5.75 Å².